The van der Waals surface area contributed by atoms with Gasteiger partial charge in [-0.2, -0.15) is 0 Å². The summed E-state index contributed by atoms with van der Waals surface area (Å²) in [6.07, 6.45) is 1.48. The molecule has 0 radical (unpaired) electrons. The van der Waals surface area contributed by atoms with Gasteiger partial charge in [0, 0.05) is 19.6 Å². The van der Waals surface area contributed by atoms with E-state index in [4.69, 9.17) is 4.74 Å². The maximum absolute atomic E-state index is 12.1. The molecule has 110 valence electrons. The Balaban J connectivity index is 1.78. The number of ether oxygens (including phenoxy) is 1. The first-order valence-corrected chi connectivity index (χ1v) is 7.35. The standard InChI is InChI=1S/C16H24N2O2/c1-13-10-14(2)12-15(11-13)20-9-4-16(19)18-7-3-5-17-6-8-18/h10-12,17H,3-9H2,1-2H3. The van der Waals surface area contributed by atoms with Crippen molar-refractivity contribution in [1.82, 2.24) is 10.2 Å². The molecule has 0 atom stereocenters. The van der Waals surface area contributed by atoms with Crippen molar-refractivity contribution >= 4 is 5.91 Å². The summed E-state index contributed by atoms with van der Waals surface area (Å²) in [6.45, 7) is 8.11. The fourth-order valence-electron chi connectivity index (χ4n) is 2.53. The van der Waals surface area contributed by atoms with E-state index in [0.29, 0.717) is 13.0 Å². The molecule has 1 N–H and O–H groups in total. The average Bonchev–Trinajstić information content (AvgIpc) is 2.66. The predicted molar refractivity (Wildman–Crippen MR) is 80.1 cm³/mol. The van der Waals surface area contributed by atoms with Crippen molar-refractivity contribution in [2.75, 3.05) is 32.8 Å². The van der Waals surface area contributed by atoms with Gasteiger partial charge in [-0.1, -0.05) is 6.07 Å². The van der Waals surface area contributed by atoms with Crippen molar-refractivity contribution in [2.24, 2.45) is 0 Å². The van der Waals surface area contributed by atoms with E-state index in [-0.39, 0.29) is 5.91 Å². The van der Waals surface area contributed by atoms with E-state index in [1.54, 1.807) is 0 Å². The fourth-order valence-corrected chi connectivity index (χ4v) is 2.53. The number of hydrogen-bond acceptors (Lipinski definition) is 3. The van der Waals surface area contributed by atoms with Crippen LogP contribution < -0.4 is 10.1 Å². The lowest BCUT2D eigenvalue weighted by Crippen LogP contribution is -2.34. The second kappa shape index (κ2) is 7.29. The van der Waals surface area contributed by atoms with Gasteiger partial charge in [-0.05, 0) is 50.1 Å². The first-order valence-electron chi connectivity index (χ1n) is 7.35. The van der Waals surface area contributed by atoms with Crippen LogP contribution in [-0.2, 0) is 4.79 Å². The van der Waals surface area contributed by atoms with E-state index >= 15 is 0 Å². The van der Waals surface area contributed by atoms with Crippen LogP contribution in [0.2, 0.25) is 0 Å². The van der Waals surface area contributed by atoms with Gasteiger partial charge in [-0.25, -0.2) is 0 Å². The Labute approximate surface area is 121 Å². The van der Waals surface area contributed by atoms with Crippen LogP contribution in [0.5, 0.6) is 5.75 Å². The van der Waals surface area contributed by atoms with Crippen molar-refractivity contribution in [2.45, 2.75) is 26.7 Å². The SMILES string of the molecule is Cc1cc(C)cc(OCCC(=O)N2CCCNCC2)c1. The van der Waals surface area contributed by atoms with Crippen molar-refractivity contribution in [3.05, 3.63) is 29.3 Å². The Morgan fingerprint density at radius 1 is 1.20 bits per heavy atom. The molecule has 1 aromatic rings. The minimum Gasteiger partial charge on any atom is -0.493 e. The number of carbonyl (C=O) groups excluding carboxylic acids is 1. The van der Waals surface area contributed by atoms with Crippen LogP contribution >= 0.6 is 0 Å². The number of hydrogen-bond donors (Lipinski definition) is 1. The van der Waals surface area contributed by atoms with Crippen LogP contribution in [0.3, 0.4) is 0 Å². The number of aryl methyl sites for hydroxylation is 2. The van der Waals surface area contributed by atoms with Crippen molar-refractivity contribution in [1.29, 1.82) is 0 Å². The zero-order valence-electron chi connectivity index (χ0n) is 12.4. The molecule has 0 saturated carbocycles. The van der Waals surface area contributed by atoms with E-state index < -0.39 is 0 Å². The minimum atomic E-state index is 0.193. The number of nitrogens with zero attached hydrogens (tertiary/aromatic N) is 1. The summed E-state index contributed by atoms with van der Waals surface area (Å²) < 4.78 is 5.70. The lowest BCUT2D eigenvalue weighted by Gasteiger charge is -2.20. The third-order valence-electron chi connectivity index (χ3n) is 3.47. The fraction of sp³-hybridized carbons (Fsp3) is 0.562. The third kappa shape index (κ3) is 4.53. The van der Waals surface area contributed by atoms with Gasteiger partial charge in [0.05, 0.1) is 13.0 Å². The number of amides is 1. The van der Waals surface area contributed by atoms with E-state index in [0.717, 1.165) is 38.3 Å². The van der Waals surface area contributed by atoms with Crippen LogP contribution in [0.15, 0.2) is 18.2 Å². The summed E-state index contributed by atoms with van der Waals surface area (Å²) >= 11 is 0. The molecule has 0 spiro atoms. The summed E-state index contributed by atoms with van der Waals surface area (Å²) in [5.74, 6) is 1.05. The average molecular weight is 276 g/mol. The Morgan fingerprint density at radius 2 is 1.95 bits per heavy atom. The van der Waals surface area contributed by atoms with Crippen LogP contribution in [0, 0.1) is 13.8 Å². The molecule has 1 amide bonds. The van der Waals surface area contributed by atoms with E-state index in [2.05, 4.69) is 25.2 Å². The van der Waals surface area contributed by atoms with Crippen LogP contribution in [-0.4, -0.2) is 43.6 Å². The molecule has 4 heteroatoms. The molecule has 1 aliphatic heterocycles. The maximum Gasteiger partial charge on any atom is 0.226 e. The quantitative estimate of drug-likeness (QED) is 0.913. The van der Waals surface area contributed by atoms with Crippen molar-refractivity contribution in [3.8, 4) is 5.75 Å². The Hall–Kier alpha value is -1.55. The first-order chi connectivity index (χ1) is 9.65. The molecule has 2 rings (SSSR count). The number of benzene rings is 1. The van der Waals surface area contributed by atoms with Gasteiger partial charge < -0.3 is 15.0 Å². The molecule has 1 heterocycles. The molecule has 1 saturated heterocycles. The molecule has 0 aliphatic carbocycles. The largest absolute Gasteiger partial charge is 0.493 e. The topological polar surface area (TPSA) is 41.6 Å². The van der Waals surface area contributed by atoms with Gasteiger partial charge in [-0.15, -0.1) is 0 Å². The molecular formula is C16H24N2O2. The van der Waals surface area contributed by atoms with Crippen LogP contribution in [0.4, 0.5) is 0 Å². The van der Waals surface area contributed by atoms with Crippen molar-refractivity contribution < 1.29 is 9.53 Å². The van der Waals surface area contributed by atoms with Gasteiger partial charge in [0.2, 0.25) is 5.91 Å². The normalized spacial score (nSPS) is 15.8. The maximum atomic E-state index is 12.1. The first kappa shape index (κ1) is 14.9. The van der Waals surface area contributed by atoms with Gasteiger partial charge in [-0.3, -0.25) is 4.79 Å². The van der Waals surface area contributed by atoms with Gasteiger partial charge >= 0.3 is 0 Å². The second-order valence-electron chi connectivity index (χ2n) is 5.41. The van der Waals surface area contributed by atoms with Crippen molar-refractivity contribution in [3.63, 3.8) is 0 Å². The van der Waals surface area contributed by atoms with Gasteiger partial charge in [0.25, 0.3) is 0 Å². The Morgan fingerprint density at radius 3 is 2.70 bits per heavy atom. The van der Waals surface area contributed by atoms with E-state index in [1.807, 2.05) is 17.0 Å². The second-order valence-corrected chi connectivity index (χ2v) is 5.41. The minimum absolute atomic E-state index is 0.193. The molecule has 0 bridgehead atoms. The third-order valence-corrected chi connectivity index (χ3v) is 3.47. The summed E-state index contributed by atoms with van der Waals surface area (Å²) in [6, 6.07) is 6.13. The Bertz CT molecular complexity index is 432. The highest BCUT2D eigenvalue weighted by molar-refractivity contribution is 5.76. The number of carbonyl (C=O) groups is 1. The smallest absolute Gasteiger partial charge is 0.226 e. The zero-order valence-corrected chi connectivity index (χ0v) is 12.4. The summed E-state index contributed by atoms with van der Waals surface area (Å²) in [5.41, 5.74) is 2.37. The molecule has 1 aromatic carbocycles. The summed E-state index contributed by atoms with van der Waals surface area (Å²) in [5, 5.41) is 3.30. The lowest BCUT2D eigenvalue weighted by atomic mass is 10.1. The molecular weight excluding hydrogens is 252 g/mol. The van der Waals surface area contributed by atoms with E-state index in [9.17, 15) is 4.79 Å². The monoisotopic (exact) mass is 276 g/mol. The molecule has 4 nitrogen and oxygen atoms in total. The number of rotatable bonds is 4. The Kier molecular flexibility index (Phi) is 5.41. The van der Waals surface area contributed by atoms with Crippen LogP contribution in [0.25, 0.3) is 0 Å². The summed E-state index contributed by atoms with van der Waals surface area (Å²) in [4.78, 5) is 14.0. The lowest BCUT2D eigenvalue weighted by molar-refractivity contribution is -0.131. The van der Waals surface area contributed by atoms with Gasteiger partial charge in [0.15, 0.2) is 0 Å². The molecule has 1 aliphatic rings. The van der Waals surface area contributed by atoms with E-state index in [1.165, 1.54) is 11.1 Å². The molecule has 1 fully saturated rings. The molecule has 0 unspecified atom stereocenters. The highest BCUT2D eigenvalue weighted by Crippen LogP contribution is 2.16. The number of nitrogens with one attached hydrogen (secondary N) is 1. The highest BCUT2D eigenvalue weighted by Gasteiger charge is 2.14. The molecule has 0 aromatic heterocycles. The van der Waals surface area contributed by atoms with Crippen LogP contribution in [0.1, 0.15) is 24.0 Å². The zero-order chi connectivity index (χ0) is 14.4. The predicted octanol–water partition coefficient (Wildman–Crippen LogP) is 1.89. The van der Waals surface area contributed by atoms with Gasteiger partial charge in [0.1, 0.15) is 5.75 Å². The summed E-state index contributed by atoms with van der Waals surface area (Å²) in [7, 11) is 0. The highest BCUT2D eigenvalue weighted by atomic mass is 16.5. The molecule has 20 heavy (non-hydrogen) atoms.